The fraction of sp³-hybridized carbons (Fsp3) is 0.462. The highest BCUT2D eigenvalue weighted by Crippen LogP contribution is 2.16. The van der Waals surface area contributed by atoms with Crippen LogP contribution < -0.4 is 5.32 Å². The van der Waals surface area contributed by atoms with Crippen LogP contribution in [0.15, 0.2) is 17.5 Å². The second-order valence-electron chi connectivity index (χ2n) is 4.75. The summed E-state index contributed by atoms with van der Waals surface area (Å²) in [5.41, 5.74) is 0.807. The third-order valence-electron chi connectivity index (χ3n) is 1.93. The summed E-state index contributed by atoms with van der Waals surface area (Å²) < 4.78 is 5.12. The number of carbonyl (C=O) groups excluding carboxylic acids is 1. The fourth-order valence-electron chi connectivity index (χ4n) is 1.18. The van der Waals surface area contributed by atoms with Crippen LogP contribution in [-0.2, 0) is 4.74 Å². The predicted octanol–water partition coefficient (Wildman–Crippen LogP) is 3.59. The van der Waals surface area contributed by atoms with Crippen LogP contribution in [0.4, 0.5) is 4.79 Å². The highest BCUT2D eigenvalue weighted by atomic mass is 32.1. The molecule has 0 aliphatic rings. The van der Waals surface area contributed by atoms with E-state index in [0.29, 0.717) is 6.54 Å². The lowest BCUT2D eigenvalue weighted by Gasteiger charge is -2.19. The quantitative estimate of drug-likeness (QED) is 0.894. The molecule has 1 rings (SSSR count). The van der Waals surface area contributed by atoms with Crippen LogP contribution in [0.5, 0.6) is 0 Å². The smallest absolute Gasteiger partial charge is 0.407 e. The average Bonchev–Trinajstić information content (AvgIpc) is 2.56. The van der Waals surface area contributed by atoms with Crippen molar-refractivity contribution >= 4 is 23.5 Å². The van der Waals surface area contributed by atoms with Gasteiger partial charge in [0.2, 0.25) is 0 Å². The molecule has 0 spiro atoms. The molecule has 4 heteroatoms. The first-order chi connectivity index (χ1) is 7.88. The number of carbonyl (C=O) groups is 1. The van der Waals surface area contributed by atoms with E-state index in [1.807, 2.05) is 32.9 Å². The van der Waals surface area contributed by atoms with Crippen LogP contribution in [0, 0.1) is 6.92 Å². The molecule has 1 aromatic heterocycles. The van der Waals surface area contributed by atoms with Crippen molar-refractivity contribution < 1.29 is 9.53 Å². The minimum absolute atomic E-state index is 0.384. The number of ether oxygens (including phenoxy) is 1. The molecule has 0 saturated carbocycles. The number of thiophene rings is 1. The van der Waals surface area contributed by atoms with Gasteiger partial charge in [0.25, 0.3) is 0 Å². The first-order valence-electron chi connectivity index (χ1n) is 5.56. The summed E-state index contributed by atoms with van der Waals surface area (Å²) in [6.45, 7) is 8.08. The molecule has 1 heterocycles. The number of amides is 1. The molecule has 3 nitrogen and oxygen atoms in total. The molecule has 0 bridgehead atoms. The third-order valence-corrected chi connectivity index (χ3v) is 2.92. The number of rotatable bonds is 3. The molecule has 1 N–H and O–H groups in total. The monoisotopic (exact) mass is 253 g/mol. The van der Waals surface area contributed by atoms with Crippen molar-refractivity contribution in [1.82, 2.24) is 5.32 Å². The number of hydrogen-bond donors (Lipinski definition) is 1. The molecule has 94 valence electrons. The van der Waals surface area contributed by atoms with Crippen molar-refractivity contribution in [3.8, 4) is 0 Å². The minimum atomic E-state index is -0.446. The lowest BCUT2D eigenvalue weighted by molar-refractivity contribution is 0.0534. The Kier molecular flexibility index (Phi) is 4.75. The van der Waals surface area contributed by atoms with Crippen molar-refractivity contribution in [2.24, 2.45) is 0 Å². The van der Waals surface area contributed by atoms with Crippen molar-refractivity contribution in [3.63, 3.8) is 0 Å². The summed E-state index contributed by atoms with van der Waals surface area (Å²) in [6, 6.07) is 2.08. The van der Waals surface area contributed by atoms with Gasteiger partial charge < -0.3 is 10.1 Å². The van der Waals surface area contributed by atoms with Crippen LogP contribution in [0.2, 0.25) is 0 Å². The third kappa shape index (κ3) is 5.54. The SMILES string of the molecule is Cc1ccsc1C=CCNC(=O)OC(C)(C)C. The molecule has 1 amide bonds. The first-order valence-corrected chi connectivity index (χ1v) is 6.44. The Balaban J connectivity index is 2.31. The minimum Gasteiger partial charge on any atom is -0.444 e. The molecule has 0 aromatic carbocycles. The average molecular weight is 253 g/mol. The van der Waals surface area contributed by atoms with E-state index in [4.69, 9.17) is 4.74 Å². The normalized spacial score (nSPS) is 11.8. The standard InChI is InChI=1S/C13H19NO2S/c1-10-7-9-17-11(10)6-5-8-14-12(15)16-13(2,3)4/h5-7,9H,8H2,1-4H3,(H,14,15). The Morgan fingerprint density at radius 3 is 2.76 bits per heavy atom. The Bertz CT molecular complexity index is 402. The van der Waals surface area contributed by atoms with Gasteiger partial charge in [0.05, 0.1) is 0 Å². The number of hydrogen-bond acceptors (Lipinski definition) is 3. The Morgan fingerprint density at radius 2 is 2.24 bits per heavy atom. The second kappa shape index (κ2) is 5.87. The second-order valence-corrected chi connectivity index (χ2v) is 5.70. The highest BCUT2D eigenvalue weighted by molar-refractivity contribution is 7.11. The lowest BCUT2D eigenvalue weighted by atomic mass is 10.2. The Morgan fingerprint density at radius 1 is 1.53 bits per heavy atom. The molecular weight excluding hydrogens is 234 g/mol. The van der Waals surface area contributed by atoms with Crippen LogP contribution in [-0.4, -0.2) is 18.2 Å². The number of nitrogens with one attached hydrogen (secondary N) is 1. The van der Waals surface area contributed by atoms with Crippen molar-refractivity contribution in [2.45, 2.75) is 33.3 Å². The topological polar surface area (TPSA) is 38.3 Å². The number of aryl methyl sites for hydroxylation is 1. The predicted molar refractivity (Wildman–Crippen MR) is 72.3 cm³/mol. The van der Waals surface area contributed by atoms with Gasteiger partial charge in [-0.15, -0.1) is 11.3 Å². The van der Waals surface area contributed by atoms with E-state index in [2.05, 4.69) is 23.7 Å². The van der Waals surface area contributed by atoms with Gasteiger partial charge in [-0.25, -0.2) is 4.79 Å². The van der Waals surface area contributed by atoms with E-state index < -0.39 is 5.60 Å². The van der Waals surface area contributed by atoms with Crippen LogP contribution >= 0.6 is 11.3 Å². The van der Waals surface area contributed by atoms with E-state index in [-0.39, 0.29) is 6.09 Å². The Hall–Kier alpha value is -1.29. The molecule has 0 radical (unpaired) electrons. The zero-order valence-corrected chi connectivity index (χ0v) is 11.6. The van der Waals surface area contributed by atoms with Crippen LogP contribution in [0.1, 0.15) is 31.2 Å². The number of alkyl carbamates (subject to hydrolysis) is 1. The summed E-state index contributed by atoms with van der Waals surface area (Å²) >= 11 is 1.69. The molecule has 0 aliphatic carbocycles. The fourth-order valence-corrected chi connectivity index (χ4v) is 2.03. The van der Waals surface area contributed by atoms with E-state index in [1.165, 1.54) is 10.4 Å². The maximum absolute atomic E-state index is 11.3. The van der Waals surface area contributed by atoms with Crippen LogP contribution in [0.25, 0.3) is 6.08 Å². The maximum atomic E-state index is 11.3. The van der Waals surface area contributed by atoms with Gasteiger partial charge in [-0.3, -0.25) is 0 Å². The van der Waals surface area contributed by atoms with Gasteiger partial charge in [-0.05, 0) is 50.8 Å². The molecule has 0 fully saturated rings. The van der Waals surface area contributed by atoms with E-state index in [9.17, 15) is 4.79 Å². The first kappa shape index (κ1) is 13.8. The van der Waals surface area contributed by atoms with E-state index in [1.54, 1.807) is 11.3 Å². The van der Waals surface area contributed by atoms with Gasteiger partial charge in [-0.2, -0.15) is 0 Å². The Labute approximate surface area is 106 Å². The molecule has 1 aromatic rings. The van der Waals surface area contributed by atoms with E-state index >= 15 is 0 Å². The van der Waals surface area contributed by atoms with Gasteiger partial charge in [-0.1, -0.05) is 6.08 Å². The molecular formula is C13H19NO2S. The van der Waals surface area contributed by atoms with Crippen molar-refractivity contribution in [1.29, 1.82) is 0 Å². The van der Waals surface area contributed by atoms with Crippen molar-refractivity contribution in [3.05, 3.63) is 28.0 Å². The van der Waals surface area contributed by atoms with E-state index in [0.717, 1.165) is 0 Å². The van der Waals surface area contributed by atoms with Gasteiger partial charge in [0.1, 0.15) is 5.60 Å². The summed E-state index contributed by atoms with van der Waals surface area (Å²) in [5.74, 6) is 0. The maximum Gasteiger partial charge on any atom is 0.407 e. The zero-order valence-electron chi connectivity index (χ0n) is 10.7. The lowest BCUT2D eigenvalue weighted by Crippen LogP contribution is -2.32. The molecule has 17 heavy (non-hydrogen) atoms. The van der Waals surface area contributed by atoms with Crippen molar-refractivity contribution in [2.75, 3.05) is 6.54 Å². The molecule has 0 saturated heterocycles. The summed E-state index contributed by atoms with van der Waals surface area (Å²) in [5, 5.41) is 4.73. The molecule has 0 unspecified atom stereocenters. The summed E-state index contributed by atoms with van der Waals surface area (Å²) in [6.07, 6.45) is 3.55. The van der Waals surface area contributed by atoms with Gasteiger partial charge >= 0.3 is 6.09 Å². The van der Waals surface area contributed by atoms with Gasteiger partial charge in [0, 0.05) is 11.4 Å². The van der Waals surface area contributed by atoms with Gasteiger partial charge in [0.15, 0.2) is 0 Å². The van der Waals surface area contributed by atoms with Crippen LogP contribution in [0.3, 0.4) is 0 Å². The largest absolute Gasteiger partial charge is 0.444 e. The summed E-state index contributed by atoms with van der Waals surface area (Å²) in [4.78, 5) is 12.5. The molecule has 0 aliphatic heterocycles. The summed E-state index contributed by atoms with van der Waals surface area (Å²) in [7, 11) is 0. The highest BCUT2D eigenvalue weighted by Gasteiger charge is 2.14. The zero-order chi connectivity index (χ0) is 12.9. The molecule has 0 atom stereocenters.